The van der Waals surface area contributed by atoms with Crippen molar-refractivity contribution in [3.05, 3.63) is 35.9 Å². The lowest BCUT2D eigenvalue weighted by Crippen LogP contribution is -2.54. The van der Waals surface area contributed by atoms with Crippen molar-refractivity contribution in [2.75, 3.05) is 32.8 Å². The number of rotatable bonds is 5. The standard InChI is InChI=1S/C18H28N2O/c1-2-10-19-17-9-12-21-14-18(17)20-11-8-16(13-20)15-6-4-3-5-7-15/h3-7,16-19H,2,8-14H2,1H3. The maximum absolute atomic E-state index is 5.76. The number of ether oxygens (including phenoxy) is 1. The Morgan fingerprint density at radius 2 is 2.10 bits per heavy atom. The second kappa shape index (κ2) is 7.39. The van der Waals surface area contributed by atoms with Crippen LogP contribution in [0.25, 0.3) is 0 Å². The Morgan fingerprint density at radius 3 is 2.90 bits per heavy atom. The molecule has 3 atom stereocenters. The molecule has 0 amide bonds. The SMILES string of the molecule is CCCNC1CCOCC1N1CCC(c2ccccc2)C1. The summed E-state index contributed by atoms with van der Waals surface area (Å²) in [5, 5.41) is 3.73. The largest absolute Gasteiger partial charge is 0.380 e. The van der Waals surface area contributed by atoms with E-state index in [4.69, 9.17) is 4.74 Å². The van der Waals surface area contributed by atoms with E-state index in [0.717, 1.165) is 26.2 Å². The molecule has 3 rings (SSSR count). The monoisotopic (exact) mass is 288 g/mol. The van der Waals surface area contributed by atoms with Gasteiger partial charge in [0.15, 0.2) is 0 Å². The predicted octanol–water partition coefficient (Wildman–Crippen LogP) is 2.63. The van der Waals surface area contributed by atoms with Gasteiger partial charge >= 0.3 is 0 Å². The van der Waals surface area contributed by atoms with E-state index >= 15 is 0 Å². The highest BCUT2D eigenvalue weighted by atomic mass is 16.5. The topological polar surface area (TPSA) is 24.5 Å². The van der Waals surface area contributed by atoms with Crippen LogP contribution in [0.1, 0.15) is 37.7 Å². The molecule has 2 saturated heterocycles. The van der Waals surface area contributed by atoms with Crippen LogP contribution >= 0.6 is 0 Å². The van der Waals surface area contributed by atoms with Gasteiger partial charge in [-0.3, -0.25) is 4.90 Å². The maximum atomic E-state index is 5.76. The van der Waals surface area contributed by atoms with Crippen molar-refractivity contribution in [2.24, 2.45) is 0 Å². The summed E-state index contributed by atoms with van der Waals surface area (Å²) in [6.45, 7) is 7.55. The molecule has 0 spiro atoms. The van der Waals surface area contributed by atoms with E-state index in [1.165, 1.54) is 31.5 Å². The average molecular weight is 288 g/mol. The first-order chi connectivity index (χ1) is 10.4. The van der Waals surface area contributed by atoms with Gasteiger partial charge in [-0.05, 0) is 43.8 Å². The van der Waals surface area contributed by atoms with E-state index < -0.39 is 0 Å². The molecular weight excluding hydrogens is 260 g/mol. The highest BCUT2D eigenvalue weighted by Gasteiger charge is 2.35. The first-order valence-electron chi connectivity index (χ1n) is 8.48. The van der Waals surface area contributed by atoms with Crippen LogP contribution in [0.4, 0.5) is 0 Å². The van der Waals surface area contributed by atoms with Gasteiger partial charge in [0.2, 0.25) is 0 Å². The van der Waals surface area contributed by atoms with Gasteiger partial charge in [0.1, 0.15) is 0 Å². The molecule has 0 saturated carbocycles. The molecule has 0 bridgehead atoms. The first-order valence-corrected chi connectivity index (χ1v) is 8.48. The summed E-state index contributed by atoms with van der Waals surface area (Å²) in [5.41, 5.74) is 1.50. The minimum atomic E-state index is 0.555. The molecule has 3 heteroatoms. The normalized spacial score (nSPS) is 30.6. The Labute approximate surface area is 128 Å². The van der Waals surface area contributed by atoms with Crippen LogP contribution in [-0.2, 0) is 4.74 Å². The second-order valence-corrected chi connectivity index (χ2v) is 6.38. The van der Waals surface area contributed by atoms with E-state index in [1.54, 1.807) is 0 Å². The third-order valence-corrected chi connectivity index (χ3v) is 4.94. The number of nitrogens with zero attached hydrogens (tertiary/aromatic N) is 1. The third-order valence-electron chi connectivity index (χ3n) is 4.94. The van der Waals surface area contributed by atoms with Crippen LogP contribution in [0.5, 0.6) is 0 Å². The molecule has 1 N–H and O–H groups in total. The van der Waals surface area contributed by atoms with E-state index in [0.29, 0.717) is 18.0 Å². The van der Waals surface area contributed by atoms with Gasteiger partial charge in [-0.15, -0.1) is 0 Å². The van der Waals surface area contributed by atoms with Gasteiger partial charge in [0.25, 0.3) is 0 Å². The van der Waals surface area contributed by atoms with Gasteiger partial charge in [-0.25, -0.2) is 0 Å². The summed E-state index contributed by atoms with van der Waals surface area (Å²) in [5.74, 6) is 0.694. The highest BCUT2D eigenvalue weighted by Crippen LogP contribution is 2.30. The van der Waals surface area contributed by atoms with Crippen molar-refractivity contribution in [1.82, 2.24) is 10.2 Å². The number of hydrogen-bond acceptors (Lipinski definition) is 3. The Hall–Kier alpha value is -0.900. The molecule has 2 fully saturated rings. The van der Waals surface area contributed by atoms with Crippen molar-refractivity contribution < 1.29 is 4.74 Å². The molecule has 0 aliphatic carbocycles. The molecule has 2 aliphatic heterocycles. The summed E-state index contributed by atoms with van der Waals surface area (Å²) >= 11 is 0. The zero-order valence-corrected chi connectivity index (χ0v) is 13.1. The smallest absolute Gasteiger partial charge is 0.0637 e. The fourth-order valence-electron chi connectivity index (χ4n) is 3.74. The van der Waals surface area contributed by atoms with Crippen LogP contribution in [0.3, 0.4) is 0 Å². The molecule has 3 nitrogen and oxygen atoms in total. The molecule has 2 heterocycles. The quantitative estimate of drug-likeness (QED) is 0.901. The summed E-state index contributed by atoms with van der Waals surface area (Å²) in [7, 11) is 0. The van der Waals surface area contributed by atoms with E-state index in [2.05, 4.69) is 47.5 Å². The zero-order chi connectivity index (χ0) is 14.5. The molecule has 0 aromatic heterocycles. The first kappa shape index (κ1) is 15.0. The van der Waals surface area contributed by atoms with Gasteiger partial charge < -0.3 is 10.1 Å². The second-order valence-electron chi connectivity index (χ2n) is 6.38. The maximum Gasteiger partial charge on any atom is 0.0637 e. The minimum Gasteiger partial charge on any atom is -0.380 e. The lowest BCUT2D eigenvalue weighted by molar-refractivity contribution is 0.00481. The number of benzene rings is 1. The molecular formula is C18H28N2O. The van der Waals surface area contributed by atoms with E-state index in [1.807, 2.05) is 0 Å². The van der Waals surface area contributed by atoms with Crippen molar-refractivity contribution >= 4 is 0 Å². The van der Waals surface area contributed by atoms with Crippen LogP contribution < -0.4 is 5.32 Å². The van der Waals surface area contributed by atoms with Crippen molar-refractivity contribution in [2.45, 2.75) is 44.2 Å². The minimum absolute atomic E-state index is 0.555. The third kappa shape index (κ3) is 3.65. The fourth-order valence-corrected chi connectivity index (χ4v) is 3.74. The highest BCUT2D eigenvalue weighted by molar-refractivity contribution is 5.21. The molecule has 0 radical (unpaired) electrons. The Morgan fingerprint density at radius 1 is 1.24 bits per heavy atom. The van der Waals surface area contributed by atoms with Crippen LogP contribution in [0, 0.1) is 0 Å². The zero-order valence-electron chi connectivity index (χ0n) is 13.1. The Kier molecular flexibility index (Phi) is 5.28. The van der Waals surface area contributed by atoms with Crippen molar-refractivity contribution in [1.29, 1.82) is 0 Å². The summed E-state index contributed by atoms with van der Waals surface area (Å²) in [6, 6.07) is 12.1. The van der Waals surface area contributed by atoms with Crippen molar-refractivity contribution in [3.63, 3.8) is 0 Å². The lowest BCUT2D eigenvalue weighted by atomic mass is 9.98. The molecule has 2 aliphatic rings. The predicted molar refractivity (Wildman–Crippen MR) is 86.7 cm³/mol. The average Bonchev–Trinajstić information content (AvgIpc) is 3.04. The van der Waals surface area contributed by atoms with Gasteiger partial charge in [0, 0.05) is 25.2 Å². The van der Waals surface area contributed by atoms with Crippen LogP contribution in [0.2, 0.25) is 0 Å². The number of nitrogens with one attached hydrogen (secondary N) is 1. The van der Waals surface area contributed by atoms with Gasteiger partial charge in [-0.1, -0.05) is 37.3 Å². The van der Waals surface area contributed by atoms with Crippen LogP contribution in [0.15, 0.2) is 30.3 Å². The summed E-state index contributed by atoms with van der Waals surface area (Å²) in [6.07, 6.45) is 3.63. The van der Waals surface area contributed by atoms with Gasteiger partial charge in [0.05, 0.1) is 6.61 Å². The van der Waals surface area contributed by atoms with Crippen LogP contribution in [-0.4, -0.2) is 49.8 Å². The molecule has 116 valence electrons. The molecule has 3 unspecified atom stereocenters. The summed E-state index contributed by atoms with van der Waals surface area (Å²) < 4.78 is 5.76. The molecule has 1 aromatic carbocycles. The molecule has 21 heavy (non-hydrogen) atoms. The molecule has 1 aromatic rings. The number of hydrogen-bond donors (Lipinski definition) is 1. The Bertz CT molecular complexity index is 422. The Balaban J connectivity index is 1.61. The summed E-state index contributed by atoms with van der Waals surface area (Å²) in [4.78, 5) is 2.66. The van der Waals surface area contributed by atoms with Crippen molar-refractivity contribution in [3.8, 4) is 0 Å². The van der Waals surface area contributed by atoms with Gasteiger partial charge in [-0.2, -0.15) is 0 Å². The number of likely N-dealkylation sites (tertiary alicyclic amines) is 1. The lowest BCUT2D eigenvalue weighted by Gasteiger charge is -2.38. The fraction of sp³-hybridized carbons (Fsp3) is 0.667. The van der Waals surface area contributed by atoms with E-state index in [-0.39, 0.29) is 0 Å². The van der Waals surface area contributed by atoms with E-state index in [9.17, 15) is 0 Å².